The third-order valence-corrected chi connectivity index (χ3v) is 5.11. The lowest BCUT2D eigenvalue weighted by Crippen LogP contribution is -2.53. The van der Waals surface area contributed by atoms with Crippen LogP contribution in [0.2, 0.25) is 0 Å². The van der Waals surface area contributed by atoms with Crippen molar-refractivity contribution in [3.8, 4) is 0 Å². The van der Waals surface area contributed by atoms with E-state index in [9.17, 15) is 4.79 Å². The molecule has 0 aliphatic carbocycles. The summed E-state index contributed by atoms with van der Waals surface area (Å²) in [6, 6.07) is 12.1. The van der Waals surface area contributed by atoms with Crippen molar-refractivity contribution < 1.29 is 9.21 Å². The first-order valence-electron chi connectivity index (χ1n) is 9.17. The van der Waals surface area contributed by atoms with E-state index < -0.39 is 0 Å². The molecule has 28 heavy (non-hydrogen) atoms. The van der Waals surface area contributed by atoms with E-state index in [1.807, 2.05) is 29.2 Å². The average molecular weight is 561 g/mol. The zero-order chi connectivity index (χ0) is 19.1. The van der Waals surface area contributed by atoms with E-state index >= 15 is 0 Å². The first-order valence-corrected chi connectivity index (χ1v) is 9.97. The number of guanidine groups is 1. The minimum atomic E-state index is 0. The predicted molar refractivity (Wildman–Crippen MR) is 125 cm³/mol. The maximum atomic E-state index is 11.6. The van der Waals surface area contributed by atoms with Gasteiger partial charge in [-0.2, -0.15) is 0 Å². The number of carbonyl (C=O) groups is 1. The van der Waals surface area contributed by atoms with Gasteiger partial charge >= 0.3 is 0 Å². The van der Waals surface area contributed by atoms with Crippen molar-refractivity contribution in [2.24, 2.45) is 4.99 Å². The number of furan rings is 1. The van der Waals surface area contributed by atoms with Gasteiger partial charge in [0.25, 0.3) is 0 Å². The first kappa shape index (κ1) is 22.7. The molecule has 6 nitrogen and oxygen atoms in total. The Morgan fingerprint density at radius 1 is 1.14 bits per heavy atom. The molecule has 0 saturated carbocycles. The second-order valence-electron chi connectivity index (χ2n) is 6.52. The zero-order valence-corrected chi connectivity index (χ0v) is 19.9. The van der Waals surface area contributed by atoms with Gasteiger partial charge in [-0.1, -0.05) is 28.1 Å². The molecule has 0 atom stereocenters. The number of hydrogen-bond donors (Lipinski definition) is 1. The highest BCUT2D eigenvalue weighted by Crippen LogP contribution is 2.12. The Labute approximate surface area is 191 Å². The minimum Gasteiger partial charge on any atom is -0.469 e. The van der Waals surface area contributed by atoms with E-state index in [4.69, 9.17) is 9.41 Å². The van der Waals surface area contributed by atoms with Gasteiger partial charge in [-0.3, -0.25) is 4.79 Å². The van der Waals surface area contributed by atoms with E-state index in [0.717, 1.165) is 60.9 Å². The van der Waals surface area contributed by atoms with Gasteiger partial charge in [-0.25, -0.2) is 4.99 Å². The van der Waals surface area contributed by atoms with Gasteiger partial charge in [-0.15, -0.1) is 24.0 Å². The van der Waals surface area contributed by atoms with Crippen molar-refractivity contribution >= 4 is 51.8 Å². The fourth-order valence-electron chi connectivity index (χ4n) is 3.01. The fourth-order valence-corrected chi connectivity index (χ4v) is 3.27. The van der Waals surface area contributed by atoms with Crippen molar-refractivity contribution in [1.29, 1.82) is 0 Å². The molecule has 2 aromatic rings. The molecule has 1 aromatic carbocycles. The minimum absolute atomic E-state index is 0. The Morgan fingerprint density at radius 3 is 2.43 bits per heavy atom. The number of piperazine rings is 1. The van der Waals surface area contributed by atoms with Crippen LogP contribution >= 0.6 is 39.9 Å². The third-order valence-electron chi connectivity index (χ3n) is 4.58. The van der Waals surface area contributed by atoms with Gasteiger partial charge in [0.15, 0.2) is 5.96 Å². The summed E-state index contributed by atoms with van der Waals surface area (Å²) in [5.41, 5.74) is 1.16. The molecule has 0 bridgehead atoms. The van der Waals surface area contributed by atoms with E-state index in [-0.39, 0.29) is 29.9 Å². The zero-order valence-electron chi connectivity index (χ0n) is 15.9. The van der Waals surface area contributed by atoms with Gasteiger partial charge in [-0.05, 0) is 29.8 Å². The molecule has 0 radical (unpaired) electrons. The van der Waals surface area contributed by atoms with Crippen LogP contribution in [-0.4, -0.2) is 54.4 Å². The second kappa shape index (κ2) is 11.5. The normalized spacial score (nSPS) is 14.6. The molecule has 1 aromatic heterocycles. The number of nitrogens with one attached hydrogen (secondary N) is 1. The van der Waals surface area contributed by atoms with Gasteiger partial charge in [0.2, 0.25) is 5.91 Å². The van der Waals surface area contributed by atoms with Crippen molar-refractivity contribution in [3.63, 3.8) is 0 Å². The number of nitrogens with zero attached hydrogens (tertiary/aromatic N) is 3. The van der Waals surface area contributed by atoms with E-state index in [1.54, 1.807) is 13.2 Å². The van der Waals surface area contributed by atoms with Crippen molar-refractivity contribution in [1.82, 2.24) is 15.1 Å². The summed E-state index contributed by atoms with van der Waals surface area (Å²) in [5.74, 6) is 1.97. The molecule has 8 heteroatoms. The van der Waals surface area contributed by atoms with Gasteiger partial charge in [0.1, 0.15) is 5.76 Å². The molecule has 1 saturated heterocycles. The molecule has 0 unspecified atom stereocenters. The Hall–Kier alpha value is -1.55. The number of aliphatic imine (C=N–C) groups is 1. The summed E-state index contributed by atoms with van der Waals surface area (Å²) in [6.45, 7) is 6.01. The molecule has 1 aliphatic rings. The van der Waals surface area contributed by atoms with Crippen LogP contribution in [0.5, 0.6) is 0 Å². The van der Waals surface area contributed by atoms with Crippen LogP contribution in [0.25, 0.3) is 0 Å². The second-order valence-corrected chi connectivity index (χ2v) is 7.43. The molecule has 3 rings (SSSR count). The average Bonchev–Trinajstić information content (AvgIpc) is 3.19. The van der Waals surface area contributed by atoms with Crippen LogP contribution in [0.15, 0.2) is 56.5 Å². The lowest BCUT2D eigenvalue weighted by Gasteiger charge is -2.36. The Bertz CT molecular complexity index is 757. The van der Waals surface area contributed by atoms with Crippen LogP contribution in [-0.2, 0) is 17.8 Å². The molecular formula is C20H26BrIN4O2. The van der Waals surface area contributed by atoms with Crippen LogP contribution in [0, 0.1) is 0 Å². The lowest BCUT2D eigenvalue weighted by atomic mass is 10.2. The summed E-state index contributed by atoms with van der Waals surface area (Å²) in [7, 11) is 0. The monoisotopic (exact) mass is 560 g/mol. The molecule has 1 amide bonds. The van der Waals surface area contributed by atoms with Crippen LogP contribution < -0.4 is 5.32 Å². The maximum Gasteiger partial charge on any atom is 0.219 e. The predicted octanol–water partition coefficient (Wildman–Crippen LogP) is 3.51. The number of amides is 1. The highest BCUT2D eigenvalue weighted by Gasteiger charge is 2.21. The summed E-state index contributed by atoms with van der Waals surface area (Å²) >= 11 is 3.46. The summed E-state index contributed by atoms with van der Waals surface area (Å²) in [5, 5.41) is 3.46. The molecule has 152 valence electrons. The smallest absolute Gasteiger partial charge is 0.219 e. The number of hydrogen-bond acceptors (Lipinski definition) is 3. The lowest BCUT2D eigenvalue weighted by molar-refractivity contribution is -0.130. The summed E-state index contributed by atoms with van der Waals surface area (Å²) in [4.78, 5) is 20.5. The molecule has 2 heterocycles. The highest BCUT2D eigenvalue weighted by molar-refractivity contribution is 14.0. The Kier molecular flexibility index (Phi) is 9.30. The standard InChI is InChI=1S/C20H25BrN4O2.HI/c1-16(26)24-10-12-25(13-11-24)20(22-9-8-19-3-2-14-27-19)23-15-17-4-6-18(21)7-5-17;/h2-7,14H,8-13,15H2,1H3,(H,22,23);1H. The molecule has 0 spiro atoms. The maximum absolute atomic E-state index is 11.6. The largest absolute Gasteiger partial charge is 0.469 e. The van der Waals surface area contributed by atoms with Crippen molar-refractivity contribution in [2.75, 3.05) is 32.7 Å². The fraction of sp³-hybridized carbons (Fsp3) is 0.400. The number of halogens is 2. The third kappa shape index (κ3) is 6.80. The molecule has 1 fully saturated rings. The quantitative estimate of drug-likeness (QED) is 0.345. The van der Waals surface area contributed by atoms with Crippen LogP contribution in [0.4, 0.5) is 0 Å². The molecule has 1 N–H and O–H groups in total. The van der Waals surface area contributed by atoms with Gasteiger partial charge in [0, 0.05) is 50.5 Å². The van der Waals surface area contributed by atoms with Crippen molar-refractivity contribution in [3.05, 3.63) is 58.5 Å². The Balaban J connectivity index is 0.00000280. The molecular weight excluding hydrogens is 535 g/mol. The summed E-state index contributed by atoms with van der Waals surface area (Å²) < 4.78 is 6.46. The highest BCUT2D eigenvalue weighted by atomic mass is 127. The van der Waals surface area contributed by atoms with Crippen LogP contribution in [0.1, 0.15) is 18.2 Å². The van der Waals surface area contributed by atoms with Gasteiger partial charge < -0.3 is 19.5 Å². The summed E-state index contributed by atoms with van der Waals surface area (Å²) in [6.07, 6.45) is 2.50. The first-order chi connectivity index (χ1) is 13.1. The van der Waals surface area contributed by atoms with E-state index in [1.165, 1.54) is 0 Å². The topological polar surface area (TPSA) is 61.1 Å². The van der Waals surface area contributed by atoms with E-state index in [2.05, 4.69) is 38.3 Å². The molecule has 1 aliphatic heterocycles. The SMILES string of the molecule is CC(=O)N1CCN(C(=NCc2ccc(Br)cc2)NCCc2ccco2)CC1.I. The van der Waals surface area contributed by atoms with Gasteiger partial charge in [0.05, 0.1) is 12.8 Å². The number of rotatable bonds is 5. The van der Waals surface area contributed by atoms with Crippen molar-refractivity contribution in [2.45, 2.75) is 19.9 Å². The Morgan fingerprint density at radius 2 is 1.82 bits per heavy atom. The van der Waals surface area contributed by atoms with Crippen LogP contribution in [0.3, 0.4) is 0 Å². The number of carbonyl (C=O) groups excluding carboxylic acids is 1. The number of benzene rings is 1. The van der Waals surface area contributed by atoms with E-state index in [0.29, 0.717) is 6.54 Å².